The fourth-order valence-electron chi connectivity index (χ4n) is 2.87. The molecule has 0 saturated heterocycles. The van der Waals surface area contributed by atoms with Crippen LogP contribution in [0.3, 0.4) is 0 Å². The number of hydrogen-bond acceptors (Lipinski definition) is 1. The topological polar surface area (TPSA) is 3.24 Å². The minimum Gasteiger partial charge on any atom is -0.302 e. The van der Waals surface area contributed by atoms with Gasteiger partial charge in [-0.1, -0.05) is 38.1 Å². The molecule has 15 heavy (non-hydrogen) atoms. The van der Waals surface area contributed by atoms with Crippen LogP contribution in [0.25, 0.3) is 0 Å². The molecule has 1 nitrogen and oxygen atoms in total. The van der Waals surface area contributed by atoms with E-state index in [1.54, 1.807) is 11.1 Å². The SMILES string of the molecule is CC(C)[C@@H]1Cc2ccccc2[C@@H]1N(C)C. The van der Waals surface area contributed by atoms with Crippen molar-refractivity contribution in [3.63, 3.8) is 0 Å². The van der Waals surface area contributed by atoms with Crippen LogP contribution in [-0.4, -0.2) is 19.0 Å². The van der Waals surface area contributed by atoms with E-state index in [4.69, 9.17) is 0 Å². The highest BCUT2D eigenvalue weighted by Crippen LogP contribution is 2.42. The summed E-state index contributed by atoms with van der Waals surface area (Å²) in [6, 6.07) is 9.52. The number of hydrogen-bond donors (Lipinski definition) is 0. The Balaban J connectivity index is 2.38. The monoisotopic (exact) mass is 203 g/mol. The van der Waals surface area contributed by atoms with Crippen LogP contribution in [0.2, 0.25) is 0 Å². The van der Waals surface area contributed by atoms with Crippen LogP contribution in [0.5, 0.6) is 0 Å². The van der Waals surface area contributed by atoms with Gasteiger partial charge in [0, 0.05) is 6.04 Å². The van der Waals surface area contributed by atoms with Gasteiger partial charge in [-0.05, 0) is 43.5 Å². The predicted molar refractivity (Wildman–Crippen MR) is 64.9 cm³/mol. The van der Waals surface area contributed by atoms with E-state index in [1.165, 1.54) is 6.42 Å². The standard InChI is InChI=1S/C14H21N/c1-10(2)13-9-11-7-5-6-8-12(11)14(13)15(3)4/h5-8,10,13-14H,9H2,1-4H3/t13-,14-/m0/s1. The summed E-state index contributed by atoms with van der Waals surface area (Å²) in [5.41, 5.74) is 3.09. The molecule has 0 aliphatic heterocycles. The summed E-state index contributed by atoms with van der Waals surface area (Å²) >= 11 is 0. The molecule has 1 aromatic carbocycles. The molecule has 0 spiro atoms. The maximum absolute atomic E-state index is 2.37. The van der Waals surface area contributed by atoms with Crippen LogP contribution in [0.1, 0.15) is 31.0 Å². The lowest BCUT2D eigenvalue weighted by Gasteiger charge is -2.29. The Kier molecular flexibility index (Phi) is 2.83. The Bertz CT molecular complexity index is 341. The Morgan fingerprint density at radius 2 is 1.87 bits per heavy atom. The number of rotatable bonds is 2. The van der Waals surface area contributed by atoms with Crippen LogP contribution in [0, 0.1) is 11.8 Å². The first-order chi connectivity index (χ1) is 7.11. The lowest BCUT2D eigenvalue weighted by atomic mass is 9.88. The minimum atomic E-state index is 0.612. The van der Waals surface area contributed by atoms with Crippen molar-refractivity contribution in [2.45, 2.75) is 26.3 Å². The third-order valence-corrected chi connectivity index (χ3v) is 3.65. The molecule has 0 unspecified atom stereocenters. The van der Waals surface area contributed by atoms with E-state index in [9.17, 15) is 0 Å². The van der Waals surface area contributed by atoms with Crippen LogP contribution < -0.4 is 0 Å². The first-order valence-electron chi connectivity index (χ1n) is 5.85. The molecule has 0 radical (unpaired) electrons. The summed E-state index contributed by atoms with van der Waals surface area (Å²) in [6.07, 6.45) is 1.25. The fraction of sp³-hybridized carbons (Fsp3) is 0.571. The van der Waals surface area contributed by atoms with Gasteiger partial charge < -0.3 is 4.90 Å². The zero-order chi connectivity index (χ0) is 11.0. The Morgan fingerprint density at radius 1 is 1.20 bits per heavy atom. The van der Waals surface area contributed by atoms with Gasteiger partial charge in [-0.2, -0.15) is 0 Å². The van der Waals surface area contributed by atoms with Gasteiger partial charge in [0.05, 0.1) is 0 Å². The lowest BCUT2D eigenvalue weighted by molar-refractivity contribution is 0.188. The number of fused-ring (bicyclic) bond motifs is 1. The average Bonchev–Trinajstić information content (AvgIpc) is 2.56. The fourth-order valence-corrected chi connectivity index (χ4v) is 2.87. The summed E-state index contributed by atoms with van der Waals surface area (Å²) in [7, 11) is 4.39. The highest BCUT2D eigenvalue weighted by atomic mass is 15.1. The molecule has 0 saturated carbocycles. The predicted octanol–water partition coefficient (Wildman–Crippen LogP) is 3.12. The van der Waals surface area contributed by atoms with E-state index >= 15 is 0 Å². The molecule has 1 aliphatic carbocycles. The normalized spacial score (nSPS) is 24.9. The second-order valence-electron chi connectivity index (χ2n) is 5.22. The summed E-state index contributed by atoms with van der Waals surface area (Å²) < 4.78 is 0. The first-order valence-corrected chi connectivity index (χ1v) is 5.85. The second kappa shape index (κ2) is 3.97. The molecule has 0 bridgehead atoms. The second-order valence-corrected chi connectivity index (χ2v) is 5.22. The number of nitrogens with zero attached hydrogens (tertiary/aromatic N) is 1. The molecule has 1 heteroatoms. The smallest absolute Gasteiger partial charge is 0.0378 e. The maximum atomic E-state index is 2.37. The summed E-state index contributed by atoms with van der Waals surface area (Å²) in [5, 5.41) is 0. The van der Waals surface area contributed by atoms with Gasteiger partial charge in [-0.25, -0.2) is 0 Å². The largest absolute Gasteiger partial charge is 0.302 e. The van der Waals surface area contributed by atoms with Crippen LogP contribution in [-0.2, 0) is 6.42 Å². The highest BCUT2D eigenvalue weighted by Gasteiger charge is 2.35. The van der Waals surface area contributed by atoms with Crippen molar-refractivity contribution < 1.29 is 0 Å². The minimum absolute atomic E-state index is 0.612. The van der Waals surface area contributed by atoms with Gasteiger partial charge in [0.1, 0.15) is 0 Å². The number of benzene rings is 1. The Morgan fingerprint density at radius 3 is 2.47 bits per heavy atom. The van der Waals surface area contributed by atoms with E-state index in [0.717, 1.165) is 11.8 Å². The molecule has 1 aliphatic rings. The Labute approximate surface area is 93.1 Å². The lowest BCUT2D eigenvalue weighted by Crippen LogP contribution is -2.27. The zero-order valence-electron chi connectivity index (χ0n) is 10.2. The molecule has 2 atom stereocenters. The Hall–Kier alpha value is -0.820. The van der Waals surface area contributed by atoms with Gasteiger partial charge in [0.25, 0.3) is 0 Å². The summed E-state index contributed by atoms with van der Waals surface area (Å²) in [6.45, 7) is 4.68. The van der Waals surface area contributed by atoms with Crippen molar-refractivity contribution in [3.05, 3.63) is 35.4 Å². The van der Waals surface area contributed by atoms with Gasteiger partial charge >= 0.3 is 0 Å². The molecule has 0 aromatic heterocycles. The third kappa shape index (κ3) is 1.81. The van der Waals surface area contributed by atoms with Crippen molar-refractivity contribution in [2.75, 3.05) is 14.1 Å². The molecule has 0 heterocycles. The molecule has 0 fully saturated rings. The maximum Gasteiger partial charge on any atom is 0.0378 e. The van der Waals surface area contributed by atoms with E-state index in [-0.39, 0.29) is 0 Å². The molecule has 0 N–H and O–H groups in total. The average molecular weight is 203 g/mol. The molecular weight excluding hydrogens is 182 g/mol. The van der Waals surface area contributed by atoms with Gasteiger partial charge in [0.2, 0.25) is 0 Å². The van der Waals surface area contributed by atoms with E-state index in [1.807, 2.05) is 0 Å². The van der Waals surface area contributed by atoms with E-state index in [2.05, 4.69) is 57.1 Å². The summed E-state index contributed by atoms with van der Waals surface area (Å²) in [5.74, 6) is 1.53. The van der Waals surface area contributed by atoms with Crippen LogP contribution in [0.4, 0.5) is 0 Å². The molecule has 1 aromatic rings. The van der Waals surface area contributed by atoms with Crippen LogP contribution in [0.15, 0.2) is 24.3 Å². The highest BCUT2D eigenvalue weighted by molar-refractivity contribution is 5.35. The summed E-state index contributed by atoms with van der Waals surface area (Å²) in [4.78, 5) is 2.37. The van der Waals surface area contributed by atoms with Crippen molar-refractivity contribution >= 4 is 0 Å². The van der Waals surface area contributed by atoms with E-state index in [0.29, 0.717) is 6.04 Å². The van der Waals surface area contributed by atoms with Crippen molar-refractivity contribution in [1.29, 1.82) is 0 Å². The van der Waals surface area contributed by atoms with Crippen molar-refractivity contribution in [1.82, 2.24) is 4.90 Å². The van der Waals surface area contributed by atoms with Crippen LogP contribution >= 0.6 is 0 Å². The molecule has 0 amide bonds. The first kappa shape index (κ1) is 10.7. The quantitative estimate of drug-likeness (QED) is 0.714. The molecule has 2 rings (SSSR count). The zero-order valence-corrected chi connectivity index (χ0v) is 10.2. The van der Waals surface area contributed by atoms with Gasteiger partial charge in [0.15, 0.2) is 0 Å². The van der Waals surface area contributed by atoms with Crippen molar-refractivity contribution in [3.8, 4) is 0 Å². The molecule has 82 valence electrons. The van der Waals surface area contributed by atoms with Gasteiger partial charge in [-0.3, -0.25) is 0 Å². The third-order valence-electron chi connectivity index (χ3n) is 3.65. The van der Waals surface area contributed by atoms with E-state index < -0.39 is 0 Å². The van der Waals surface area contributed by atoms with Crippen molar-refractivity contribution in [2.24, 2.45) is 11.8 Å². The van der Waals surface area contributed by atoms with Gasteiger partial charge in [-0.15, -0.1) is 0 Å². The molecular formula is C14H21N.